The number of nitrogens with two attached hydrogens (primary N) is 1. The van der Waals surface area contributed by atoms with Gasteiger partial charge in [-0.25, -0.2) is 0 Å². The van der Waals surface area contributed by atoms with Crippen LogP contribution in [0.1, 0.15) is 23.4 Å². The van der Waals surface area contributed by atoms with E-state index in [4.69, 9.17) is 14.9 Å². The Labute approximate surface area is 92.2 Å². The molecule has 0 spiro atoms. The first-order valence-electron chi connectivity index (χ1n) is 5.13. The number of aromatic nitrogens is 2. The zero-order valence-electron chi connectivity index (χ0n) is 8.59. The van der Waals surface area contributed by atoms with Crippen molar-refractivity contribution in [1.82, 2.24) is 10.2 Å². The summed E-state index contributed by atoms with van der Waals surface area (Å²) in [6, 6.07) is 7.91. The van der Waals surface area contributed by atoms with Gasteiger partial charge in [0.05, 0.1) is 6.54 Å². The smallest absolute Gasteiger partial charge is 0.257 e. The van der Waals surface area contributed by atoms with Gasteiger partial charge in [0.1, 0.15) is 5.75 Å². The van der Waals surface area contributed by atoms with Crippen LogP contribution < -0.4 is 10.5 Å². The number of benzene rings is 1. The van der Waals surface area contributed by atoms with Gasteiger partial charge in [0.15, 0.2) is 6.10 Å². The van der Waals surface area contributed by atoms with Crippen LogP contribution in [0.5, 0.6) is 5.75 Å². The van der Waals surface area contributed by atoms with Crippen LogP contribution in [0.15, 0.2) is 28.7 Å². The third-order valence-corrected chi connectivity index (χ3v) is 2.58. The van der Waals surface area contributed by atoms with Crippen LogP contribution in [-0.4, -0.2) is 10.2 Å². The third-order valence-electron chi connectivity index (χ3n) is 2.58. The van der Waals surface area contributed by atoms with E-state index < -0.39 is 0 Å². The molecule has 3 rings (SSSR count). The summed E-state index contributed by atoms with van der Waals surface area (Å²) >= 11 is 0. The molecular weight excluding hydrogens is 206 g/mol. The zero-order valence-corrected chi connectivity index (χ0v) is 8.59. The lowest BCUT2D eigenvalue weighted by atomic mass is 10.1. The van der Waals surface area contributed by atoms with Crippen LogP contribution in [-0.2, 0) is 13.0 Å². The van der Waals surface area contributed by atoms with Crippen LogP contribution in [0.4, 0.5) is 0 Å². The molecule has 0 aliphatic carbocycles. The van der Waals surface area contributed by atoms with Crippen molar-refractivity contribution in [2.24, 2.45) is 5.73 Å². The summed E-state index contributed by atoms with van der Waals surface area (Å²) in [6.07, 6.45) is 0.591. The van der Waals surface area contributed by atoms with E-state index in [2.05, 4.69) is 10.2 Å². The molecule has 0 radical (unpaired) electrons. The number of rotatable bonds is 2. The average molecular weight is 217 g/mol. The molecule has 0 amide bonds. The van der Waals surface area contributed by atoms with Crippen LogP contribution >= 0.6 is 0 Å². The summed E-state index contributed by atoms with van der Waals surface area (Å²) in [5.74, 6) is 1.83. The fourth-order valence-electron chi connectivity index (χ4n) is 1.80. The summed E-state index contributed by atoms with van der Waals surface area (Å²) < 4.78 is 11.1. The molecule has 0 saturated carbocycles. The van der Waals surface area contributed by atoms with Crippen molar-refractivity contribution in [3.8, 4) is 5.75 Å². The highest BCUT2D eigenvalue weighted by molar-refractivity contribution is 5.37. The molecule has 82 valence electrons. The summed E-state index contributed by atoms with van der Waals surface area (Å²) in [6.45, 7) is 0.257. The van der Waals surface area contributed by atoms with E-state index >= 15 is 0 Å². The molecule has 1 aliphatic heterocycles. The first-order chi connectivity index (χ1) is 7.86. The zero-order chi connectivity index (χ0) is 11.0. The van der Waals surface area contributed by atoms with Crippen molar-refractivity contribution < 1.29 is 9.15 Å². The Morgan fingerprint density at radius 2 is 2.19 bits per heavy atom. The molecule has 0 bridgehead atoms. The molecule has 0 saturated heterocycles. The second-order valence-corrected chi connectivity index (χ2v) is 3.66. The topological polar surface area (TPSA) is 74.2 Å². The molecule has 1 aromatic carbocycles. The highest BCUT2D eigenvalue weighted by Gasteiger charge is 2.28. The molecule has 1 aromatic heterocycles. The number of fused-ring (bicyclic) bond motifs is 1. The van der Waals surface area contributed by atoms with E-state index in [1.807, 2.05) is 24.3 Å². The minimum absolute atomic E-state index is 0.176. The van der Waals surface area contributed by atoms with Gasteiger partial charge in [-0.3, -0.25) is 0 Å². The number of nitrogens with zero attached hydrogens (tertiary/aromatic N) is 2. The van der Waals surface area contributed by atoms with Gasteiger partial charge in [0.2, 0.25) is 5.89 Å². The monoisotopic (exact) mass is 217 g/mol. The SMILES string of the molecule is NCc1nnc(C2Cc3ccccc3O2)o1. The molecule has 1 unspecified atom stereocenters. The molecule has 5 nitrogen and oxygen atoms in total. The maximum atomic E-state index is 5.71. The van der Waals surface area contributed by atoms with Gasteiger partial charge in [0, 0.05) is 6.42 Å². The van der Waals surface area contributed by atoms with Gasteiger partial charge in [-0.05, 0) is 11.6 Å². The molecule has 5 heteroatoms. The van der Waals surface area contributed by atoms with E-state index in [1.165, 1.54) is 5.56 Å². The quantitative estimate of drug-likeness (QED) is 0.818. The summed E-state index contributed by atoms with van der Waals surface area (Å²) in [5.41, 5.74) is 6.58. The Hall–Kier alpha value is -1.88. The number of ether oxygens (including phenoxy) is 1. The van der Waals surface area contributed by atoms with Crippen molar-refractivity contribution in [3.05, 3.63) is 41.6 Å². The van der Waals surface area contributed by atoms with Crippen molar-refractivity contribution in [3.63, 3.8) is 0 Å². The maximum absolute atomic E-state index is 5.71. The van der Waals surface area contributed by atoms with Crippen molar-refractivity contribution in [2.45, 2.75) is 19.1 Å². The average Bonchev–Trinajstić information content (AvgIpc) is 2.95. The Bertz CT molecular complexity index is 484. The molecule has 1 aliphatic rings. The Kier molecular flexibility index (Phi) is 2.11. The highest BCUT2D eigenvalue weighted by Crippen LogP contribution is 2.35. The third kappa shape index (κ3) is 1.45. The summed E-state index contributed by atoms with van der Waals surface area (Å²) in [5, 5.41) is 7.75. The fraction of sp³-hybridized carbons (Fsp3) is 0.273. The van der Waals surface area contributed by atoms with E-state index in [0.29, 0.717) is 11.8 Å². The highest BCUT2D eigenvalue weighted by atomic mass is 16.5. The molecular formula is C11H11N3O2. The standard InChI is InChI=1S/C11H11N3O2/c12-6-10-13-14-11(16-10)9-5-7-3-1-2-4-8(7)15-9/h1-4,9H,5-6,12H2. The van der Waals surface area contributed by atoms with Gasteiger partial charge >= 0.3 is 0 Å². The fourth-order valence-corrected chi connectivity index (χ4v) is 1.80. The largest absolute Gasteiger partial charge is 0.480 e. The number of hydrogen-bond acceptors (Lipinski definition) is 5. The predicted octanol–water partition coefficient (Wildman–Crippen LogP) is 1.20. The van der Waals surface area contributed by atoms with Crippen LogP contribution in [0.3, 0.4) is 0 Å². The van der Waals surface area contributed by atoms with Crippen molar-refractivity contribution in [2.75, 3.05) is 0 Å². The minimum Gasteiger partial charge on any atom is -0.480 e. The first kappa shape index (κ1) is 9.35. The summed E-state index contributed by atoms with van der Waals surface area (Å²) in [4.78, 5) is 0. The number of para-hydroxylation sites is 1. The molecule has 2 N–H and O–H groups in total. The van der Waals surface area contributed by atoms with E-state index in [1.54, 1.807) is 0 Å². The molecule has 1 atom stereocenters. The van der Waals surface area contributed by atoms with E-state index in [9.17, 15) is 0 Å². The molecule has 2 aromatic rings. The molecule has 2 heterocycles. The van der Waals surface area contributed by atoms with Crippen molar-refractivity contribution in [1.29, 1.82) is 0 Å². The molecule has 16 heavy (non-hydrogen) atoms. The maximum Gasteiger partial charge on any atom is 0.257 e. The lowest BCUT2D eigenvalue weighted by molar-refractivity contribution is 0.195. The van der Waals surface area contributed by atoms with Gasteiger partial charge in [-0.15, -0.1) is 10.2 Å². The molecule has 0 fully saturated rings. The first-order valence-corrected chi connectivity index (χ1v) is 5.13. The van der Waals surface area contributed by atoms with E-state index in [-0.39, 0.29) is 12.6 Å². The minimum atomic E-state index is -0.176. The second-order valence-electron chi connectivity index (χ2n) is 3.66. The Morgan fingerprint density at radius 3 is 2.94 bits per heavy atom. The lowest BCUT2D eigenvalue weighted by Gasteiger charge is -2.04. The van der Waals surface area contributed by atoms with E-state index in [0.717, 1.165) is 12.2 Å². The number of hydrogen-bond donors (Lipinski definition) is 1. The van der Waals surface area contributed by atoms with Crippen LogP contribution in [0.2, 0.25) is 0 Å². The van der Waals surface area contributed by atoms with Gasteiger partial charge in [-0.2, -0.15) is 0 Å². The van der Waals surface area contributed by atoms with Gasteiger partial charge in [0.25, 0.3) is 5.89 Å². The van der Waals surface area contributed by atoms with Gasteiger partial charge < -0.3 is 14.9 Å². The summed E-state index contributed by atoms with van der Waals surface area (Å²) in [7, 11) is 0. The second kappa shape index (κ2) is 3.61. The van der Waals surface area contributed by atoms with Crippen molar-refractivity contribution >= 4 is 0 Å². The Balaban J connectivity index is 1.85. The normalized spacial score (nSPS) is 18.2. The lowest BCUT2D eigenvalue weighted by Crippen LogP contribution is -2.03. The predicted molar refractivity (Wildman–Crippen MR) is 55.7 cm³/mol. The van der Waals surface area contributed by atoms with Crippen LogP contribution in [0, 0.1) is 0 Å². The Morgan fingerprint density at radius 1 is 1.31 bits per heavy atom. The van der Waals surface area contributed by atoms with Gasteiger partial charge in [-0.1, -0.05) is 18.2 Å². The van der Waals surface area contributed by atoms with Crippen LogP contribution in [0.25, 0.3) is 0 Å².